The van der Waals surface area contributed by atoms with Crippen molar-refractivity contribution in [1.29, 1.82) is 0 Å². The summed E-state index contributed by atoms with van der Waals surface area (Å²) in [4.78, 5) is 29.4. The van der Waals surface area contributed by atoms with E-state index in [1.54, 1.807) is 30.3 Å². The molecule has 0 aliphatic heterocycles. The van der Waals surface area contributed by atoms with Gasteiger partial charge in [0.05, 0.1) is 0 Å². The van der Waals surface area contributed by atoms with E-state index in [-0.39, 0.29) is 5.82 Å². The number of carbonyl (C=O) groups is 2. The highest BCUT2D eigenvalue weighted by Gasteiger charge is 2.19. The van der Waals surface area contributed by atoms with Crippen LogP contribution in [0.4, 0.5) is 0 Å². The highest BCUT2D eigenvalue weighted by molar-refractivity contribution is 6.00. The van der Waals surface area contributed by atoms with Crippen LogP contribution in [0.5, 0.6) is 0 Å². The Morgan fingerprint density at radius 2 is 1.67 bits per heavy atom. The molecule has 0 radical (unpaired) electrons. The topological polar surface area (TPSA) is 100 Å². The van der Waals surface area contributed by atoms with Crippen LogP contribution in [0.2, 0.25) is 0 Å². The standard InChI is InChI=1S/C12H8N2O4/c15-11(16)8-6-13-10(14-9(8)12(17)18)7-4-2-1-3-5-7/h1-6H,(H,15,16)(H,17,18). The molecule has 0 saturated carbocycles. The zero-order valence-electron chi connectivity index (χ0n) is 9.07. The van der Waals surface area contributed by atoms with Crippen LogP contribution in [-0.4, -0.2) is 32.1 Å². The van der Waals surface area contributed by atoms with E-state index in [4.69, 9.17) is 10.2 Å². The second kappa shape index (κ2) is 4.62. The van der Waals surface area contributed by atoms with Gasteiger partial charge in [-0.2, -0.15) is 0 Å². The molecule has 2 N–H and O–H groups in total. The largest absolute Gasteiger partial charge is 0.478 e. The lowest BCUT2D eigenvalue weighted by molar-refractivity contribution is 0.0646. The zero-order chi connectivity index (χ0) is 13.1. The van der Waals surface area contributed by atoms with Gasteiger partial charge in [0.15, 0.2) is 11.5 Å². The minimum absolute atomic E-state index is 0.179. The molecule has 0 atom stereocenters. The third-order valence-electron chi connectivity index (χ3n) is 2.25. The highest BCUT2D eigenvalue weighted by Crippen LogP contribution is 2.16. The Morgan fingerprint density at radius 1 is 1.00 bits per heavy atom. The molecule has 1 aromatic carbocycles. The summed E-state index contributed by atoms with van der Waals surface area (Å²) in [5.74, 6) is -2.59. The molecule has 0 bridgehead atoms. The van der Waals surface area contributed by atoms with Crippen LogP contribution in [0.15, 0.2) is 36.5 Å². The molecule has 0 fully saturated rings. The molecular formula is C12H8N2O4. The average Bonchev–Trinajstić information content (AvgIpc) is 2.39. The van der Waals surface area contributed by atoms with Crippen molar-refractivity contribution in [2.24, 2.45) is 0 Å². The van der Waals surface area contributed by atoms with Gasteiger partial charge in [-0.15, -0.1) is 0 Å². The second-order valence-electron chi connectivity index (χ2n) is 3.43. The molecule has 1 aromatic heterocycles. The molecule has 0 saturated heterocycles. The molecule has 0 unspecified atom stereocenters. The fourth-order valence-corrected chi connectivity index (χ4v) is 1.43. The number of hydrogen-bond acceptors (Lipinski definition) is 4. The van der Waals surface area contributed by atoms with Crippen molar-refractivity contribution in [2.75, 3.05) is 0 Å². The van der Waals surface area contributed by atoms with Crippen LogP contribution in [0.3, 0.4) is 0 Å². The van der Waals surface area contributed by atoms with Gasteiger partial charge in [0.1, 0.15) is 5.56 Å². The van der Waals surface area contributed by atoms with E-state index < -0.39 is 23.2 Å². The summed E-state index contributed by atoms with van der Waals surface area (Å²) in [6.07, 6.45) is 1.00. The van der Waals surface area contributed by atoms with Gasteiger partial charge in [0.2, 0.25) is 0 Å². The number of carboxylic acids is 2. The van der Waals surface area contributed by atoms with Crippen molar-refractivity contribution in [3.8, 4) is 11.4 Å². The number of aromatic nitrogens is 2. The van der Waals surface area contributed by atoms with Crippen molar-refractivity contribution >= 4 is 11.9 Å². The molecule has 1 heterocycles. The monoisotopic (exact) mass is 244 g/mol. The van der Waals surface area contributed by atoms with Crippen LogP contribution < -0.4 is 0 Å². The summed E-state index contributed by atoms with van der Waals surface area (Å²) in [6.45, 7) is 0. The lowest BCUT2D eigenvalue weighted by Gasteiger charge is -2.03. The van der Waals surface area contributed by atoms with Crippen LogP contribution in [-0.2, 0) is 0 Å². The maximum absolute atomic E-state index is 11.0. The molecule has 0 spiro atoms. The van der Waals surface area contributed by atoms with E-state index in [2.05, 4.69) is 9.97 Å². The summed E-state index contributed by atoms with van der Waals surface area (Å²) < 4.78 is 0. The lowest BCUT2D eigenvalue weighted by Crippen LogP contribution is -2.12. The minimum Gasteiger partial charge on any atom is -0.478 e. The first-order chi connectivity index (χ1) is 8.59. The smallest absolute Gasteiger partial charge is 0.355 e. The van der Waals surface area contributed by atoms with Gasteiger partial charge in [-0.25, -0.2) is 19.6 Å². The van der Waals surface area contributed by atoms with E-state index in [9.17, 15) is 9.59 Å². The first kappa shape index (κ1) is 11.7. The Morgan fingerprint density at radius 3 is 2.22 bits per heavy atom. The summed E-state index contributed by atoms with van der Waals surface area (Å²) >= 11 is 0. The molecule has 0 aliphatic carbocycles. The Balaban J connectivity index is 2.57. The van der Waals surface area contributed by atoms with E-state index in [1.807, 2.05) is 0 Å². The summed E-state index contributed by atoms with van der Waals surface area (Å²) in [5.41, 5.74) is -0.324. The summed E-state index contributed by atoms with van der Waals surface area (Å²) in [7, 11) is 0. The first-order valence-corrected chi connectivity index (χ1v) is 4.98. The number of nitrogens with zero attached hydrogens (tertiary/aromatic N) is 2. The van der Waals surface area contributed by atoms with E-state index >= 15 is 0 Å². The normalized spacial score (nSPS) is 10.0. The number of rotatable bonds is 3. The Labute approximate surface area is 102 Å². The predicted molar refractivity (Wildman–Crippen MR) is 61.4 cm³/mol. The van der Waals surface area contributed by atoms with Gasteiger partial charge in [-0.3, -0.25) is 0 Å². The summed E-state index contributed by atoms with van der Waals surface area (Å²) in [5, 5.41) is 17.8. The summed E-state index contributed by atoms with van der Waals surface area (Å²) in [6, 6.07) is 8.73. The van der Waals surface area contributed by atoms with Gasteiger partial charge in [-0.1, -0.05) is 30.3 Å². The molecule has 18 heavy (non-hydrogen) atoms. The van der Waals surface area contributed by atoms with Crippen molar-refractivity contribution in [1.82, 2.24) is 9.97 Å². The van der Waals surface area contributed by atoms with Gasteiger partial charge in [0.25, 0.3) is 0 Å². The number of hydrogen-bond donors (Lipinski definition) is 2. The van der Waals surface area contributed by atoms with Crippen LogP contribution in [0.1, 0.15) is 20.8 Å². The molecule has 0 aliphatic rings. The molecule has 0 amide bonds. The Kier molecular flexibility index (Phi) is 3.01. The van der Waals surface area contributed by atoms with Gasteiger partial charge < -0.3 is 10.2 Å². The third kappa shape index (κ3) is 2.17. The molecule has 2 aromatic rings. The van der Waals surface area contributed by atoms with Crippen LogP contribution >= 0.6 is 0 Å². The van der Waals surface area contributed by atoms with Crippen LogP contribution in [0.25, 0.3) is 11.4 Å². The van der Waals surface area contributed by atoms with Gasteiger partial charge in [0, 0.05) is 11.8 Å². The van der Waals surface area contributed by atoms with E-state index in [1.165, 1.54) is 0 Å². The zero-order valence-corrected chi connectivity index (χ0v) is 9.07. The number of benzene rings is 1. The van der Waals surface area contributed by atoms with Crippen LogP contribution in [0, 0.1) is 0 Å². The molecule has 2 rings (SSSR count). The lowest BCUT2D eigenvalue weighted by atomic mass is 10.2. The average molecular weight is 244 g/mol. The second-order valence-corrected chi connectivity index (χ2v) is 3.43. The quantitative estimate of drug-likeness (QED) is 0.849. The highest BCUT2D eigenvalue weighted by atomic mass is 16.4. The third-order valence-corrected chi connectivity index (χ3v) is 2.25. The van der Waals surface area contributed by atoms with E-state index in [0.29, 0.717) is 5.56 Å². The molecule has 90 valence electrons. The minimum atomic E-state index is -1.40. The fourth-order valence-electron chi connectivity index (χ4n) is 1.43. The van der Waals surface area contributed by atoms with Gasteiger partial charge >= 0.3 is 11.9 Å². The van der Waals surface area contributed by atoms with Crippen molar-refractivity contribution in [3.63, 3.8) is 0 Å². The first-order valence-electron chi connectivity index (χ1n) is 4.98. The van der Waals surface area contributed by atoms with Crippen molar-refractivity contribution in [2.45, 2.75) is 0 Å². The SMILES string of the molecule is O=C(O)c1cnc(-c2ccccc2)nc1C(=O)O. The molecule has 6 nitrogen and oxygen atoms in total. The number of carboxylic acid groups (broad SMARTS) is 2. The van der Waals surface area contributed by atoms with Gasteiger partial charge in [-0.05, 0) is 0 Å². The molecule has 6 heteroatoms. The maximum Gasteiger partial charge on any atom is 0.355 e. The van der Waals surface area contributed by atoms with Crippen molar-refractivity contribution in [3.05, 3.63) is 47.8 Å². The Hall–Kier alpha value is -2.76. The Bertz CT molecular complexity index is 611. The fraction of sp³-hybridized carbons (Fsp3) is 0. The van der Waals surface area contributed by atoms with Crippen molar-refractivity contribution < 1.29 is 19.8 Å². The predicted octanol–water partition coefficient (Wildman–Crippen LogP) is 1.54. The maximum atomic E-state index is 11.0. The number of aromatic carboxylic acids is 2. The van der Waals surface area contributed by atoms with E-state index in [0.717, 1.165) is 6.20 Å². The molecular weight excluding hydrogens is 236 g/mol.